The highest BCUT2D eigenvalue weighted by Crippen LogP contribution is 2.47. The van der Waals surface area contributed by atoms with Gasteiger partial charge in [-0.3, -0.25) is 14.3 Å². The van der Waals surface area contributed by atoms with E-state index in [9.17, 15) is 27.9 Å². The maximum Gasteiger partial charge on any atom is 0.418 e. The van der Waals surface area contributed by atoms with Crippen LogP contribution in [0.2, 0.25) is 0 Å². The van der Waals surface area contributed by atoms with Crippen LogP contribution >= 0.6 is 11.3 Å². The molecule has 12 nitrogen and oxygen atoms in total. The number of hydroxylamine groups is 2. The Kier molecular flexibility index (Phi) is 5.38. The summed E-state index contributed by atoms with van der Waals surface area (Å²) in [7, 11) is -5.02. The highest BCUT2D eigenvalue weighted by atomic mass is 32.3. The Morgan fingerprint density at radius 1 is 1.32 bits per heavy atom. The second-order valence-electron chi connectivity index (χ2n) is 6.81. The smallest absolute Gasteiger partial charge is 0.418 e. The number of hydrogen-bond donors (Lipinski definition) is 3. The van der Waals surface area contributed by atoms with E-state index in [1.807, 2.05) is 12.1 Å². The lowest BCUT2D eigenvalue weighted by molar-refractivity contribution is -0.142. The van der Waals surface area contributed by atoms with Crippen molar-refractivity contribution in [1.29, 1.82) is 0 Å². The average molecular weight is 468 g/mol. The number of nitrogens with zero attached hydrogens (tertiary/aromatic N) is 3. The molecule has 1 saturated heterocycles. The van der Waals surface area contributed by atoms with Crippen LogP contribution in [-0.2, 0) is 25.9 Å². The Balaban J connectivity index is 1.57. The van der Waals surface area contributed by atoms with Crippen molar-refractivity contribution in [2.24, 2.45) is 0 Å². The summed E-state index contributed by atoms with van der Waals surface area (Å²) in [6, 6.07) is 1.64. The number of thiophene rings is 1. The van der Waals surface area contributed by atoms with Crippen molar-refractivity contribution in [1.82, 2.24) is 20.3 Å². The molecule has 2 atom stereocenters. The predicted molar refractivity (Wildman–Crippen MR) is 104 cm³/mol. The third-order valence-corrected chi connectivity index (χ3v) is 6.43. The van der Waals surface area contributed by atoms with Crippen LogP contribution in [0.5, 0.6) is 0 Å². The molecule has 2 aliphatic rings. The minimum atomic E-state index is -5.02. The fraction of sp³-hybridized carbons (Fsp3) is 0.294. The fourth-order valence-corrected chi connectivity index (χ4v) is 5.18. The molecular weight excluding hydrogens is 452 g/mol. The van der Waals surface area contributed by atoms with Crippen LogP contribution in [0.3, 0.4) is 0 Å². The first-order valence-electron chi connectivity index (χ1n) is 8.96. The Morgan fingerprint density at radius 2 is 2.03 bits per heavy atom. The number of hydrogen-bond acceptors (Lipinski definition) is 8. The van der Waals surface area contributed by atoms with E-state index in [1.165, 1.54) is 6.07 Å². The molecule has 2 aromatic rings. The lowest BCUT2D eigenvalue weighted by atomic mass is 9.99. The molecule has 2 unspecified atom stereocenters. The number of carboxylic acid groups (broad SMARTS) is 1. The molecule has 0 aliphatic carbocycles. The van der Waals surface area contributed by atoms with Crippen LogP contribution in [0.1, 0.15) is 37.8 Å². The van der Waals surface area contributed by atoms with Crippen LogP contribution in [-0.4, -0.2) is 64.0 Å². The van der Waals surface area contributed by atoms with E-state index in [1.54, 1.807) is 12.4 Å². The summed E-state index contributed by atoms with van der Waals surface area (Å²) in [4.78, 5) is 42.1. The predicted octanol–water partition coefficient (Wildman–Crippen LogP) is 0.768. The van der Waals surface area contributed by atoms with Gasteiger partial charge in [-0.2, -0.15) is 13.5 Å². The molecule has 164 valence electrons. The summed E-state index contributed by atoms with van der Waals surface area (Å²) in [6.07, 6.45) is 3.85. The van der Waals surface area contributed by atoms with Gasteiger partial charge < -0.3 is 15.3 Å². The molecule has 4 heterocycles. The van der Waals surface area contributed by atoms with Crippen LogP contribution in [0.4, 0.5) is 4.79 Å². The van der Waals surface area contributed by atoms with Crippen molar-refractivity contribution in [2.45, 2.75) is 18.5 Å². The second-order valence-corrected chi connectivity index (χ2v) is 8.90. The zero-order valence-electron chi connectivity index (χ0n) is 15.7. The Hall–Kier alpha value is -3.07. The van der Waals surface area contributed by atoms with Crippen molar-refractivity contribution in [2.75, 3.05) is 13.1 Å². The molecule has 0 saturated carbocycles. The molecular formula is C17H16N4O8S2. The van der Waals surface area contributed by atoms with Crippen molar-refractivity contribution in [3.8, 4) is 0 Å². The first-order chi connectivity index (χ1) is 14.7. The number of nitrogens with one attached hydrogen (secondary N) is 1. The van der Waals surface area contributed by atoms with Gasteiger partial charge in [-0.1, -0.05) is 0 Å². The van der Waals surface area contributed by atoms with Gasteiger partial charge in [0.15, 0.2) is 6.04 Å². The maximum atomic E-state index is 12.6. The van der Waals surface area contributed by atoms with E-state index in [4.69, 9.17) is 4.55 Å². The summed E-state index contributed by atoms with van der Waals surface area (Å²) >= 11 is 0.905. The van der Waals surface area contributed by atoms with Crippen molar-refractivity contribution in [3.05, 3.63) is 51.5 Å². The van der Waals surface area contributed by atoms with Gasteiger partial charge in [-0.05, 0) is 35.7 Å². The van der Waals surface area contributed by atoms with E-state index in [2.05, 4.69) is 14.6 Å². The molecule has 0 spiro atoms. The monoisotopic (exact) mass is 468 g/mol. The normalized spacial score (nSPS) is 20.0. The van der Waals surface area contributed by atoms with Gasteiger partial charge in [-0.25, -0.2) is 9.59 Å². The quantitative estimate of drug-likeness (QED) is 0.497. The lowest BCUT2D eigenvalue weighted by Gasteiger charge is -2.27. The molecule has 3 amide bonds. The van der Waals surface area contributed by atoms with Gasteiger partial charge in [0, 0.05) is 23.8 Å². The number of pyridine rings is 1. The first kappa shape index (κ1) is 21.2. The van der Waals surface area contributed by atoms with Gasteiger partial charge in [0.05, 0.1) is 11.4 Å². The van der Waals surface area contributed by atoms with Crippen molar-refractivity contribution >= 4 is 39.6 Å². The SMILES string of the molecule is O=C(NCCc1ccncc1)c1cc2c(s1)C(C(=O)O)N1CC2N(OS(=O)(=O)O)C1=O. The maximum absolute atomic E-state index is 12.6. The Morgan fingerprint density at radius 3 is 2.68 bits per heavy atom. The van der Waals surface area contributed by atoms with Gasteiger partial charge in [0.25, 0.3) is 5.91 Å². The highest BCUT2D eigenvalue weighted by molar-refractivity contribution is 7.80. The van der Waals surface area contributed by atoms with Gasteiger partial charge >= 0.3 is 22.4 Å². The molecule has 1 fully saturated rings. The molecule has 2 bridgehead atoms. The first-order valence-corrected chi connectivity index (χ1v) is 11.1. The molecule has 4 rings (SSSR count). The molecule has 3 N–H and O–H groups in total. The summed E-state index contributed by atoms with van der Waals surface area (Å²) in [6.45, 7) is 0.165. The minimum Gasteiger partial charge on any atom is -0.479 e. The molecule has 2 aliphatic heterocycles. The highest BCUT2D eigenvalue weighted by Gasteiger charge is 2.53. The number of carbonyl (C=O) groups excluding carboxylic acids is 2. The van der Waals surface area contributed by atoms with Crippen LogP contribution in [0.15, 0.2) is 30.6 Å². The molecule has 2 aromatic heterocycles. The van der Waals surface area contributed by atoms with E-state index in [-0.39, 0.29) is 21.9 Å². The van der Waals surface area contributed by atoms with Crippen LogP contribution in [0, 0.1) is 0 Å². The lowest BCUT2D eigenvalue weighted by Crippen LogP contribution is -2.38. The van der Waals surface area contributed by atoms with E-state index >= 15 is 0 Å². The number of carbonyl (C=O) groups is 3. The number of rotatable bonds is 7. The summed E-state index contributed by atoms with van der Waals surface area (Å²) in [5.41, 5.74) is 1.26. The third kappa shape index (κ3) is 4.10. The van der Waals surface area contributed by atoms with Crippen LogP contribution < -0.4 is 5.32 Å². The molecule has 0 aromatic carbocycles. The van der Waals surface area contributed by atoms with Crippen molar-refractivity contribution < 1.29 is 36.7 Å². The minimum absolute atomic E-state index is 0.168. The zero-order valence-corrected chi connectivity index (χ0v) is 17.3. The standard InChI is InChI=1S/C17H16N4O8S2/c22-15(19-6-3-9-1-4-18-5-2-9)12-7-10-11-8-20(13(16(23)24)14(10)30-12)17(25)21(11)29-31(26,27)28/h1-2,4-5,7,11,13H,3,6,8H2,(H,19,22)(H,23,24)(H,26,27,28). The number of aliphatic carboxylic acids is 1. The Bertz CT molecular complexity index is 1150. The number of urea groups is 1. The van der Waals surface area contributed by atoms with E-state index in [0.29, 0.717) is 18.0 Å². The van der Waals surface area contributed by atoms with Gasteiger partial charge in [-0.15, -0.1) is 15.6 Å². The molecule has 0 radical (unpaired) electrons. The van der Waals surface area contributed by atoms with E-state index in [0.717, 1.165) is 21.8 Å². The number of aromatic nitrogens is 1. The second kappa shape index (κ2) is 7.88. The molecule has 31 heavy (non-hydrogen) atoms. The van der Waals surface area contributed by atoms with Gasteiger partial charge in [0.2, 0.25) is 0 Å². The summed E-state index contributed by atoms with van der Waals surface area (Å²) < 4.78 is 35.6. The van der Waals surface area contributed by atoms with Crippen LogP contribution in [0.25, 0.3) is 0 Å². The summed E-state index contributed by atoms with van der Waals surface area (Å²) in [5, 5.41) is 12.8. The largest absolute Gasteiger partial charge is 0.479 e. The molecule has 14 heteroatoms. The fourth-order valence-electron chi connectivity index (χ4n) is 3.57. The van der Waals surface area contributed by atoms with Crippen molar-refractivity contribution in [3.63, 3.8) is 0 Å². The zero-order chi connectivity index (χ0) is 22.3. The van der Waals surface area contributed by atoms with Gasteiger partial charge in [0.1, 0.15) is 6.04 Å². The third-order valence-electron chi connectivity index (χ3n) is 4.88. The summed E-state index contributed by atoms with van der Waals surface area (Å²) in [5.74, 6) is -1.77. The van der Waals surface area contributed by atoms with E-state index < -0.39 is 40.4 Å². The number of amides is 3. The average Bonchev–Trinajstić information content (AvgIpc) is 3.25. The Labute approximate surface area is 180 Å². The number of fused-ring (bicyclic) bond motifs is 4. The topological polar surface area (TPSA) is 166 Å². The number of carboxylic acids is 1.